The summed E-state index contributed by atoms with van der Waals surface area (Å²) in [5.41, 5.74) is 2.27. The standard InChI is InChI=1S/C25H24O6/c1-28-20-12-18(13-21(14-20)29-2)25(27)24-17(11-22(30-3)15-23(24)31-4)8-5-16-6-9-19(26)10-7-16/h5-15,26H,1-4H3/b8-5+. The lowest BCUT2D eigenvalue weighted by molar-refractivity contribution is 0.103. The lowest BCUT2D eigenvalue weighted by Crippen LogP contribution is -2.08. The number of carbonyl (C=O) groups excluding carboxylic acids is 1. The van der Waals surface area contributed by atoms with Crippen LogP contribution in [0.2, 0.25) is 0 Å². The van der Waals surface area contributed by atoms with Gasteiger partial charge in [0, 0.05) is 17.7 Å². The lowest BCUT2D eigenvalue weighted by Gasteiger charge is -2.14. The zero-order valence-electron chi connectivity index (χ0n) is 17.8. The SMILES string of the molecule is COc1cc(OC)cc(C(=O)c2c(/C=C/c3ccc(O)cc3)cc(OC)cc2OC)c1. The van der Waals surface area contributed by atoms with E-state index in [1.165, 1.54) is 21.3 Å². The molecular weight excluding hydrogens is 396 g/mol. The van der Waals surface area contributed by atoms with Crippen molar-refractivity contribution < 1.29 is 28.8 Å². The van der Waals surface area contributed by atoms with Gasteiger partial charge in [-0.2, -0.15) is 0 Å². The second-order valence-electron chi connectivity index (χ2n) is 6.65. The molecule has 6 nitrogen and oxygen atoms in total. The fourth-order valence-corrected chi connectivity index (χ4v) is 3.12. The molecule has 0 saturated heterocycles. The summed E-state index contributed by atoms with van der Waals surface area (Å²) in [7, 11) is 6.12. The second-order valence-corrected chi connectivity index (χ2v) is 6.65. The van der Waals surface area contributed by atoms with Crippen molar-refractivity contribution in [3.8, 4) is 28.7 Å². The highest BCUT2D eigenvalue weighted by Crippen LogP contribution is 2.34. The predicted molar refractivity (Wildman–Crippen MR) is 120 cm³/mol. The van der Waals surface area contributed by atoms with Crippen LogP contribution in [0, 0.1) is 0 Å². The molecule has 0 bridgehead atoms. The van der Waals surface area contributed by atoms with E-state index in [2.05, 4.69) is 0 Å². The third-order valence-corrected chi connectivity index (χ3v) is 4.75. The Balaban J connectivity index is 2.13. The van der Waals surface area contributed by atoms with Gasteiger partial charge in [-0.1, -0.05) is 24.3 Å². The quantitative estimate of drug-likeness (QED) is 0.416. The van der Waals surface area contributed by atoms with Gasteiger partial charge in [-0.25, -0.2) is 0 Å². The van der Waals surface area contributed by atoms with Crippen LogP contribution in [-0.2, 0) is 0 Å². The number of carbonyl (C=O) groups is 1. The maximum Gasteiger partial charge on any atom is 0.197 e. The van der Waals surface area contributed by atoms with Crippen molar-refractivity contribution in [2.75, 3.05) is 28.4 Å². The third kappa shape index (κ3) is 4.98. The maximum absolute atomic E-state index is 13.5. The fraction of sp³-hybridized carbons (Fsp3) is 0.160. The molecular formula is C25H24O6. The van der Waals surface area contributed by atoms with E-state index in [1.54, 1.807) is 61.7 Å². The van der Waals surface area contributed by atoms with Crippen LogP contribution < -0.4 is 18.9 Å². The number of hydrogen-bond donors (Lipinski definition) is 1. The van der Waals surface area contributed by atoms with Crippen LogP contribution >= 0.6 is 0 Å². The predicted octanol–water partition coefficient (Wildman–Crippen LogP) is 4.83. The van der Waals surface area contributed by atoms with E-state index in [0.717, 1.165) is 5.56 Å². The van der Waals surface area contributed by atoms with E-state index in [-0.39, 0.29) is 11.5 Å². The number of rotatable bonds is 8. The Bertz CT molecular complexity index is 1080. The summed E-state index contributed by atoms with van der Waals surface area (Å²) in [6.07, 6.45) is 3.65. The van der Waals surface area contributed by atoms with E-state index < -0.39 is 0 Å². The minimum atomic E-state index is -0.248. The van der Waals surface area contributed by atoms with Gasteiger partial charge in [0.2, 0.25) is 0 Å². The van der Waals surface area contributed by atoms with Crippen LogP contribution in [0.25, 0.3) is 12.2 Å². The molecule has 0 radical (unpaired) electrons. The molecule has 6 heteroatoms. The zero-order valence-corrected chi connectivity index (χ0v) is 17.8. The van der Waals surface area contributed by atoms with E-state index in [9.17, 15) is 9.90 Å². The van der Waals surface area contributed by atoms with Crippen molar-refractivity contribution in [3.63, 3.8) is 0 Å². The molecule has 0 amide bonds. The number of methoxy groups -OCH3 is 4. The van der Waals surface area contributed by atoms with Crippen molar-refractivity contribution in [1.29, 1.82) is 0 Å². The van der Waals surface area contributed by atoms with E-state index in [4.69, 9.17) is 18.9 Å². The third-order valence-electron chi connectivity index (χ3n) is 4.75. The molecule has 3 rings (SSSR count). The monoisotopic (exact) mass is 420 g/mol. The Morgan fingerprint density at radius 3 is 1.87 bits per heavy atom. The minimum absolute atomic E-state index is 0.183. The number of benzene rings is 3. The van der Waals surface area contributed by atoms with Gasteiger partial charge in [-0.05, 0) is 41.5 Å². The Morgan fingerprint density at radius 1 is 0.742 bits per heavy atom. The van der Waals surface area contributed by atoms with Gasteiger partial charge in [0.15, 0.2) is 5.78 Å². The summed E-state index contributed by atoms with van der Waals surface area (Å²) in [5, 5.41) is 9.48. The molecule has 3 aromatic carbocycles. The molecule has 0 saturated carbocycles. The normalized spacial score (nSPS) is 10.7. The van der Waals surface area contributed by atoms with E-state index in [1.807, 2.05) is 12.2 Å². The highest BCUT2D eigenvalue weighted by molar-refractivity contribution is 6.13. The molecule has 160 valence electrons. The molecule has 0 aliphatic heterocycles. The van der Waals surface area contributed by atoms with E-state index >= 15 is 0 Å². The van der Waals surface area contributed by atoms with Gasteiger partial charge in [0.05, 0.1) is 34.0 Å². The fourth-order valence-electron chi connectivity index (χ4n) is 3.12. The number of ether oxygens (including phenoxy) is 4. The smallest absolute Gasteiger partial charge is 0.197 e. The van der Waals surface area contributed by atoms with Crippen molar-refractivity contribution in [2.45, 2.75) is 0 Å². The average molecular weight is 420 g/mol. The van der Waals surface area contributed by atoms with Crippen LogP contribution in [0.15, 0.2) is 54.6 Å². The van der Waals surface area contributed by atoms with Crippen LogP contribution in [-0.4, -0.2) is 39.3 Å². The van der Waals surface area contributed by atoms with Crippen LogP contribution in [0.5, 0.6) is 28.7 Å². The summed E-state index contributed by atoms with van der Waals surface area (Å²) < 4.78 is 21.5. The first-order valence-corrected chi connectivity index (χ1v) is 9.50. The molecule has 0 aliphatic carbocycles. The van der Waals surface area contributed by atoms with Crippen molar-refractivity contribution in [1.82, 2.24) is 0 Å². The van der Waals surface area contributed by atoms with Crippen LogP contribution in [0.4, 0.5) is 0 Å². The molecule has 0 fully saturated rings. The van der Waals surface area contributed by atoms with Crippen molar-refractivity contribution >= 4 is 17.9 Å². The highest BCUT2D eigenvalue weighted by atomic mass is 16.5. The molecule has 1 N–H and O–H groups in total. The van der Waals surface area contributed by atoms with Crippen molar-refractivity contribution in [2.24, 2.45) is 0 Å². The number of hydrogen-bond acceptors (Lipinski definition) is 6. The lowest BCUT2D eigenvalue weighted by atomic mass is 9.95. The maximum atomic E-state index is 13.5. The van der Waals surface area contributed by atoms with Crippen LogP contribution in [0.1, 0.15) is 27.0 Å². The number of phenolic OH excluding ortho intramolecular Hbond substituents is 1. The molecule has 0 aliphatic rings. The molecule has 0 heterocycles. The summed E-state index contributed by atoms with van der Waals surface area (Å²) in [6, 6.07) is 15.2. The number of phenols is 1. The summed E-state index contributed by atoms with van der Waals surface area (Å²) in [5.74, 6) is 1.90. The molecule has 0 aromatic heterocycles. The topological polar surface area (TPSA) is 74.2 Å². The molecule has 3 aromatic rings. The Morgan fingerprint density at radius 2 is 1.32 bits per heavy atom. The van der Waals surface area contributed by atoms with Crippen LogP contribution in [0.3, 0.4) is 0 Å². The van der Waals surface area contributed by atoms with Gasteiger partial charge >= 0.3 is 0 Å². The largest absolute Gasteiger partial charge is 0.508 e. The Labute approximate surface area is 181 Å². The number of aromatic hydroxyl groups is 1. The molecule has 0 spiro atoms. The van der Waals surface area contributed by atoms with Gasteiger partial charge in [-0.15, -0.1) is 0 Å². The summed E-state index contributed by atoms with van der Waals surface area (Å²) in [6.45, 7) is 0. The summed E-state index contributed by atoms with van der Waals surface area (Å²) >= 11 is 0. The molecule has 0 atom stereocenters. The van der Waals surface area contributed by atoms with Crippen molar-refractivity contribution in [3.05, 3.63) is 76.9 Å². The Kier molecular flexibility index (Phi) is 6.82. The minimum Gasteiger partial charge on any atom is -0.508 e. The number of ketones is 1. The molecule has 31 heavy (non-hydrogen) atoms. The first kappa shape index (κ1) is 21.8. The second kappa shape index (κ2) is 9.71. The van der Waals surface area contributed by atoms with Gasteiger partial charge in [0.1, 0.15) is 28.7 Å². The van der Waals surface area contributed by atoms with Gasteiger partial charge in [0.25, 0.3) is 0 Å². The first-order valence-electron chi connectivity index (χ1n) is 9.50. The Hall–Kier alpha value is -3.93. The average Bonchev–Trinajstić information content (AvgIpc) is 2.82. The van der Waals surface area contributed by atoms with E-state index in [0.29, 0.717) is 39.7 Å². The first-order chi connectivity index (χ1) is 15.0. The summed E-state index contributed by atoms with van der Waals surface area (Å²) in [4.78, 5) is 13.5. The zero-order chi connectivity index (χ0) is 22.4. The van der Waals surface area contributed by atoms with Gasteiger partial charge < -0.3 is 24.1 Å². The van der Waals surface area contributed by atoms with Gasteiger partial charge in [-0.3, -0.25) is 4.79 Å². The highest BCUT2D eigenvalue weighted by Gasteiger charge is 2.21. The molecule has 0 unspecified atom stereocenters.